The summed E-state index contributed by atoms with van der Waals surface area (Å²) >= 11 is 0. The Kier molecular flexibility index (Phi) is 9.92. The van der Waals surface area contributed by atoms with Crippen LogP contribution in [-0.2, 0) is 11.2 Å². The van der Waals surface area contributed by atoms with Crippen molar-refractivity contribution in [2.75, 3.05) is 32.8 Å². The van der Waals surface area contributed by atoms with E-state index in [4.69, 9.17) is 14.1 Å². The third kappa shape index (κ3) is 7.62. The van der Waals surface area contributed by atoms with Gasteiger partial charge in [0.15, 0.2) is 5.96 Å². The zero-order chi connectivity index (χ0) is 18.2. The number of halogens is 1. The fourth-order valence-corrected chi connectivity index (χ4v) is 3.68. The Balaban J connectivity index is 0.00000261. The minimum atomic E-state index is 0. The van der Waals surface area contributed by atoms with Crippen LogP contribution in [0.5, 0.6) is 0 Å². The molecular formula is C20H35IN4O2. The molecule has 2 fully saturated rings. The molecule has 2 N–H and O–H groups in total. The average molecular weight is 490 g/mol. The molecule has 1 aliphatic carbocycles. The summed E-state index contributed by atoms with van der Waals surface area (Å²) in [7, 11) is 0. The van der Waals surface area contributed by atoms with Crippen molar-refractivity contribution in [3.63, 3.8) is 0 Å². The average Bonchev–Trinajstić information content (AvgIpc) is 3.21. The molecule has 2 atom stereocenters. The van der Waals surface area contributed by atoms with Crippen molar-refractivity contribution in [2.24, 2.45) is 4.99 Å². The molecular weight excluding hydrogens is 455 g/mol. The summed E-state index contributed by atoms with van der Waals surface area (Å²) in [4.78, 5) is 7.41. The molecule has 154 valence electrons. The van der Waals surface area contributed by atoms with E-state index in [1.165, 1.54) is 19.3 Å². The number of likely N-dealkylation sites (tertiary alicyclic amines) is 1. The lowest BCUT2D eigenvalue weighted by molar-refractivity contribution is 0.146. The van der Waals surface area contributed by atoms with Gasteiger partial charge in [-0.05, 0) is 51.7 Å². The predicted octanol–water partition coefficient (Wildman–Crippen LogP) is 3.03. The summed E-state index contributed by atoms with van der Waals surface area (Å²) in [6, 6.07) is 5.92. The second-order valence-corrected chi connectivity index (χ2v) is 7.39. The normalized spacial score (nSPS) is 23.3. The van der Waals surface area contributed by atoms with Crippen LogP contribution in [0.15, 0.2) is 27.8 Å². The minimum absolute atomic E-state index is 0. The maximum absolute atomic E-state index is 5.41. The van der Waals surface area contributed by atoms with E-state index >= 15 is 0 Å². The van der Waals surface area contributed by atoms with E-state index in [-0.39, 0.29) is 24.0 Å². The monoisotopic (exact) mass is 490 g/mol. The largest absolute Gasteiger partial charge is 0.469 e. The van der Waals surface area contributed by atoms with Gasteiger partial charge in [0.2, 0.25) is 0 Å². The fourth-order valence-electron chi connectivity index (χ4n) is 3.68. The molecule has 6 nitrogen and oxygen atoms in total. The van der Waals surface area contributed by atoms with Crippen molar-refractivity contribution in [2.45, 2.75) is 64.1 Å². The van der Waals surface area contributed by atoms with Crippen LogP contribution in [-0.4, -0.2) is 61.8 Å². The zero-order valence-corrected chi connectivity index (χ0v) is 19.0. The molecule has 2 aliphatic rings. The van der Waals surface area contributed by atoms with E-state index in [9.17, 15) is 0 Å². The first kappa shape index (κ1) is 22.5. The molecule has 0 spiro atoms. The standard InChI is InChI=1S/C20H34N4O2.HI/c1-3-25-12-5-10-21-20(22-11-9-19-6-4-13-26-19)23-17-14-16(2)24(15-17)18-7-8-18;/h4,6,13,16-18H,3,5,7-12,14-15H2,1-2H3,(H2,21,22,23);1H. The van der Waals surface area contributed by atoms with E-state index in [2.05, 4.69) is 22.5 Å². The number of ether oxygens (including phenoxy) is 1. The number of nitrogens with zero attached hydrogens (tertiary/aromatic N) is 2. The maximum atomic E-state index is 5.41. The van der Waals surface area contributed by atoms with E-state index in [0.717, 1.165) is 63.5 Å². The number of hydrogen-bond donors (Lipinski definition) is 2. The topological polar surface area (TPSA) is 62.0 Å². The summed E-state index contributed by atoms with van der Waals surface area (Å²) in [5.41, 5.74) is 0. The van der Waals surface area contributed by atoms with Crippen LogP contribution in [0.1, 0.15) is 45.3 Å². The van der Waals surface area contributed by atoms with Crippen LogP contribution in [0.25, 0.3) is 0 Å². The van der Waals surface area contributed by atoms with Gasteiger partial charge in [-0.1, -0.05) is 0 Å². The Labute approximate surface area is 180 Å². The minimum Gasteiger partial charge on any atom is -0.469 e. The molecule has 2 heterocycles. The SMILES string of the molecule is CCOCCCN=C(NCCc1ccco1)NC1CC(C)N(C2CC2)C1.I. The second kappa shape index (κ2) is 11.9. The third-order valence-corrected chi connectivity index (χ3v) is 5.14. The lowest BCUT2D eigenvalue weighted by Gasteiger charge is -2.20. The van der Waals surface area contributed by atoms with E-state index < -0.39 is 0 Å². The highest BCUT2D eigenvalue weighted by atomic mass is 127. The maximum Gasteiger partial charge on any atom is 0.191 e. The van der Waals surface area contributed by atoms with Crippen molar-refractivity contribution in [1.82, 2.24) is 15.5 Å². The number of aliphatic imine (C=N–C) groups is 1. The predicted molar refractivity (Wildman–Crippen MR) is 120 cm³/mol. The molecule has 1 aromatic heterocycles. The number of nitrogens with one attached hydrogen (secondary N) is 2. The molecule has 7 heteroatoms. The first-order valence-corrected chi connectivity index (χ1v) is 10.2. The van der Waals surface area contributed by atoms with Crippen LogP contribution in [0.2, 0.25) is 0 Å². The van der Waals surface area contributed by atoms with Gasteiger partial charge in [-0.15, -0.1) is 24.0 Å². The van der Waals surface area contributed by atoms with Crippen molar-refractivity contribution in [1.29, 1.82) is 0 Å². The number of rotatable bonds is 10. The Morgan fingerprint density at radius 3 is 2.96 bits per heavy atom. The molecule has 1 aromatic rings. The Hall–Kier alpha value is -0.800. The number of guanidine groups is 1. The molecule has 1 saturated carbocycles. The molecule has 0 amide bonds. The summed E-state index contributed by atoms with van der Waals surface area (Å²) in [6.07, 6.45) is 7.47. The van der Waals surface area contributed by atoms with E-state index in [1.54, 1.807) is 6.26 Å². The van der Waals surface area contributed by atoms with Gasteiger partial charge in [0.05, 0.1) is 6.26 Å². The summed E-state index contributed by atoms with van der Waals surface area (Å²) in [5, 5.41) is 7.13. The van der Waals surface area contributed by atoms with Gasteiger partial charge in [-0.2, -0.15) is 0 Å². The van der Waals surface area contributed by atoms with Gasteiger partial charge in [0.25, 0.3) is 0 Å². The van der Waals surface area contributed by atoms with Gasteiger partial charge in [-0.3, -0.25) is 9.89 Å². The van der Waals surface area contributed by atoms with Crippen molar-refractivity contribution < 1.29 is 9.15 Å². The lowest BCUT2D eigenvalue weighted by atomic mass is 10.2. The molecule has 0 radical (unpaired) electrons. The van der Waals surface area contributed by atoms with E-state index in [0.29, 0.717) is 12.1 Å². The molecule has 2 unspecified atom stereocenters. The van der Waals surface area contributed by atoms with Gasteiger partial charge in [-0.25, -0.2) is 0 Å². The zero-order valence-electron chi connectivity index (χ0n) is 16.7. The molecule has 1 aliphatic heterocycles. The highest BCUT2D eigenvalue weighted by molar-refractivity contribution is 14.0. The highest BCUT2D eigenvalue weighted by Gasteiger charge is 2.38. The summed E-state index contributed by atoms with van der Waals surface area (Å²) in [5.74, 6) is 1.92. The fraction of sp³-hybridized carbons (Fsp3) is 0.750. The van der Waals surface area contributed by atoms with Crippen LogP contribution in [0.4, 0.5) is 0 Å². The molecule has 27 heavy (non-hydrogen) atoms. The second-order valence-electron chi connectivity index (χ2n) is 7.39. The smallest absolute Gasteiger partial charge is 0.191 e. The first-order chi connectivity index (χ1) is 12.8. The van der Waals surface area contributed by atoms with Crippen LogP contribution >= 0.6 is 24.0 Å². The van der Waals surface area contributed by atoms with Crippen molar-refractivity contribution >= 4 is 29.9 Å². The number of furan rings is 1. The lowest BCUT2D eigenvalue weighted by Crippen LogP contribution is -2.45. The first-order valence-electron chi connectivity index (χ1n) is 10.2. The highest BCUT2D eigenvalue weighted by Crippen LogP contribution is 2.33. The van der Waals surface area contributed by atoms with Crippen LogP contribution in [0, 0.1) is 0 Å². The molecule has 0 bridgehead atoms. The van der Waals surface area contributed by atoms with Gasteiger partial charge < -0.3 is 19.8 Å². The van der Waals surface area contributed by atoms with Gasteiger partial charge in [0, 0.05) is 57.4 Å². The Morgan fingerprint density at radius 2 is 2.26 bits per heavy atom. The quantitative estimate of drug-likeness (QED) is 0.229. The number of hydrogen-bond acceptors (Lipinski definition) is 4. The Bertz CT molecular complexity index is 548. The van der Waals surface area contributed by atoms with Crippen LogP contribution in [0.3, 0.4) is 0 Å². The summed E-state index contributed by atoms with van der Waals surface area (Å²) in [6.45, 7) is 8.65. The molecule has 3 rings (SSSR count). The van der Waals surface area contributed by atoms with E-state index in [1.807, 2.05) is 19.1 Å². The van der Waals surface area contributed by atoms with Crippen molar-refractivity contribution in [3.8, 4) is 0 Å². The van der Waals surface area contributed by atoms with Crippen molar-refractivity contribution in [3.05, 3.63) is 24.2 Å². The molecule has 0 aromatic carbocycles. The van der Waals surface area contributed by atoms with Gasteiger partial charge >= 0.3 is 0 Å². The van der Waals surface area contributed by atoms with Crippen LogP contribution < -0.4 is 10.6 Å². The molecule has 1 saturated heterocycles. The Morgan fingerprint density at radius 1 is 1.41 bits per heavy atom. The van der Waals surface area contributed by atoms with Gasteiger partial charge in [0.1, 0.15) is 5.76 Å². The summed E-state index contributed by atoms with van der Waals surface area (Å²) < 4.78 is 10.8. The third-order valence-electron chi connectivity index (χ3n) is 5.14.